The normalized spacial score (nSPS) is 16.9. The van der Waals surface area contributed by atoms with Crippen LogP contribution < -0.4 is 0 Å². The van der Waals surface area contributed by atoms with E-state index in [1.54, 1.807) is 0 Å². The predicted molar refractivity (Wildman–Crippen MR) is 81.1 cm³/mol. The maximum absolute atomic E-state index is 12.3. The Bertz CT molecular complexity index is 718. The molecule has 1 atom stereocenters. The first-order chi connectivity index (χ1) is 11.7. The second-order valence-electron chi connectivity index (χ2n) is 5.27. The molecule has 1 aromatic carbocycles. The number of ether oxygens (including phenoxy) is 2. The van der Waals surface area contributed by atoms with Crippen LogP contribution in [0.15, 0.2) is 30.3 Å². The average molecular weight is 331 g/mol. The van der Waals surface area contributed by atoms with E-state index in [1.165, 1.54) is 16.7 Å². The van der Waals surface area contributed by atoms with Crippen LogP contribution in [-0.4, -0.2) is 56.9 Å². The maximum atomic E-state index is 12.3. The zero-order valence-electron chi connectivity index (χ0n) is 13.2. The number of likely N-dealkylation sites (tertiary alicyclic amines) is 1. The maximum Gasteiger partial charge on any atom is 0.410 e. The molecule has 2 aromatic rings. The fourth-order valence-corrected chi connectivity index (χ4v) is 2.64. The Hall–Kier alpha value is -2.97. The van der Waals surface area contributed by atoms with Gasteiger partial charge in [0.15, 0.2) is 12.4 Å². The summed E-state index contributed by atoms with van der Waals surface area (Å²) in [5.74, 6) is -0.0855. The molecule has 24 heavy (non-hydrogen) atoms. The summed E-state index contributed by atoms with van der Waals surface area (Å²) in [6.07, 6.45) is 0.761. The highest BCUT2D eigenvalue weighted by Gasteiger charge is 2.36. The van der Waals surface area contributed by atoms with Gasteiger partial charge in [0, 0.05) is 6.54 Å². The van der Waals surface area contributed by atoms with Gasteiger partial charge in [-0.25, -0.2) is 9.59 Å². The van der Waals surface area contributed by atoms with Crippen LogP contribution in [0.1, 0.15) is 18.7 Å². The van der Waals surface area contributed by atoms with Crippen molar-refractivity contribution >= 4 is 12.1 Å². The van der Waals surface area contributed by atoms with Crippen LogP contribution in [0.25, 0.3) is 5.69 Å². The number of rotatable bonds is 4. The summed E-state index contributed by atoms with van der Waals surface area (Å²) in [6, 6.07) is 8.67. The van der Waals surface area contributed by atoms with Crippen LogP contribution >= 0.6 is 0 Å². The monoisotopic (exact) mass is 331 g/mol. The molecule has 1 unspecified atom stereocenters. The quantitative estimate of drug-likeness (QED) is 0.769. The fourth-order valence-electron chi connectivity index (χ4n) is 2.64. The van der Waals surface area contributed by atoms with Crippen LogP contribution in [0, 0.1) is 0 Å². The highest BCUT2D eigenvalue weighted by Crippen LogP contribution is 2.20. The van der Waals surface area contributed by atoms with E-state index < -0.39 is 18.1 Å². The first-order valence-corrected chi connectivity index (χ1v) is 7.54. The summed E-state index contributed by atoms with van der Waals surface area (Å²) in [5.41, 5.74) is 0.769. The van der Waals surface area contributed by atoms with E-state index >= 15 is 0 Å². The van der Waals surface area contributed by atoms with Crippen LogP contribution in [0.5, 0.6) is 0 Å². The third kappa shape index (κ3) is 3.19. The lowest BCUT2D eigenvalue weighted by Gasteiger charge is -2.21. The molecular formula is C15H17N5O4. The molecule has 1 aromatic heterocycles. The SMILES string of the molecule is COC(=O)N1CCCC1C(=O)OCc1nnnn1-c1ccccc1. The third-order valence-corrected chi connectivity index (χ3v) is 3.81. The first-order valence-electron chi connectivity index (χ1n) is 7.54. The van der Waals surface area contributed by atoms with Crippen molar-refractivity contribution in [2.45, 2.75) is 25.5 Å². The number of para-hydroxylation sites is 1. The molecule has 1 aliphatic heterocycles. The Balaban J connectivity index is 1.65. The standard InChI is InChI=1S/C15H17N5O4/c1-23-15(22)19-9-5-8-12(19)14(21)24-10-13-16-17-18-20(13)11-6-3-2-4-7-11/h2-4,6-7,12H,5,8-10H2,1H3. The number of amides is 1. The molecule has 1 saturated heterocycles. The van der Waals surface area contributed by atoms with Gasteiger partial charge < -0.3 is 9.47 Å². The molecule has 9 nitrogen and oxygen atoms in total. The minimum atomic E-state index is -0.626. The Morgan fingerprint density at radius 1 is 1.29 bits per heavy atom. The number of hydrogen-bond acceptors (Lipinski definition) is 7. The van der Waals surface area contributed by atoms with Gasteiger partial charge >= 0.3 is 12.1 Å². The van der Waals surface area contributed by atoms with E-state index in [0.29, 0.717) is 18.8 Å². The molecule has 0 radical (unpaired) electrons. The predicted octanol–water partition coefficient (Wildman–Crippen LogP) is 0.936. The van der Waals surface area contributed by atoms with Crippen LogP contribution in [0.3, 0.4) is 0 Å². The Kier molecular flexibility index (Phi) is 4.69. The molecule has 3 rings (SSSR count). The van der Waals surface area contributed by atoms with E-state index in [9.17, 15) is 9.59 Å². The molecule has 126 valence electrons. The van der Waals surface area contributed by atoms with E-state index in [0.717, 1.165) is 12.1 Å². The Labute approximate surface area is 138 Å². The molecule has 0 bridgehead atoms. The molecule has 9 heteroatoms. The van der Waals surface area contributed by atoms with Crippen molar-refractivity contribution in [2.24, 2.45) is 0 Å². The number of hydrogen-bond donors (Lipinski definition) is 0. The third-order valence-electron chi connectivity index (χ3n) is 3.81. The van der Waals surface area contributed by atoms with Crippen LogP contribution in [-0.2, 0) is 20.9 Å². The summed E-state index contributed by atoms with van der Waals surface area (Å²) in [6.45, 7) is 0.403. The smallest absolute Gasteiger partial charge is 0.410 e. The lowest BCUT2D eigenvalue weighted by atomic mass is 10.2. The molecule has 2 heterocycles. The van der Waals surface area contributed by atoms with Gasteiger partial charge in [-0.3, -0.25) is 4.90 Å². The van der Waals surface area contributed by atoms with Crippen molar-refractivity contribution in [1.29, 1.82) is 0 Å². The number of benzene rings is 1. The minimum Gasteiger partial charge on any atom is -0.456 e. The second-order valence-corrected chi connectivity index (χ2v) is 5.27. The highest BCUT2D eigenvalue weighted by atomic mass is 16.6. The van der Waals surface area contributed by atoms with Crippen molar-refractivity contribution < 1.29 is 19.1 Å². The molecule has 1 amide bonds. The van der Waals surface area contributed by atoms with Gasteiger partial charge in [0.2, 0.25) is 0 Å². The number of carbonyl (C=O) groups excluding carboxylic acids is 2. The first kappa shape index (κ1) is 15.9. The second kappa shape index (κ2) is 7.07. The van der Waals surface area contributed by atoms with Gasteiger partial charge in [0.05, 0.1) is 12.8 Å². The van der Waals surface area contributed by atoms with Gasteiger partial charge in [-0.2, -0.15) is 4.68 Å². The average Bonchev–Trinajstić information content (AvgIpc) is 3.29. The largest absolute Gasteiger partial charge is 0.456 e. The fraction of sp³-hybridized carbons (Fsp3) is 0.400. The Morgan fingerprint density at radius 3 is 2.83 bits per heavy atom. The van der Waals surface area contributed by atoms with Crippen molar-refractivity contribution in [3.05, 3.63) is 36.2 Å². The number of carbonyl (C=O) groups is 2. The van der Waals surface area contributed by atoms with Gasteiger partial charge in [-0.05, 0) is 35.4 Å². The summed E-state index contributed by atoms with van der Waals surface area (Å²) >= 11 is 0. The van der Waals surface area contributed by atoms with Gasteiger partial charge in [0.25, 0.3) is 0 Å². The molecule has 0 spiro atoms. The van der Waals surface area contributed by atoms with Gasteiger partial charge in [-0.15, -0.1) is 5.10 Å². The summed E-state index contributed by atoms with van der Waals surface area (Å²) in [4.78, 5) is 25.3. The summed E-state index contributed by atoms with van der Waals surface area (Å²) in [7, 11) is 1.29. The molecule has 1 aliphatic rings. The molecular weight excluding hydrogens is 314 g/mol. The molecule has 0 N–H and O–H groups in total. The number of tetrazole rings is 1. The van der Waals surface area contributed by atoms with Crippen molar-refractivity contribution in [2.75, 3.05) is 13.7 Å². The van der Waals surface area contributed by atoms with Gasteiger partial charge in [0.1, 0.15) is 6.04 Å². The van der Waals surface area contributed by atoms with Crippen LogP contribution in [0.4, 0.5) is 4.79 Å². The highest BCUT2D eigenvalue weighted by molar-refractivity contribution is 5.82. The van der Waals surface area contributed by atoms with Crippen LogP contribution in [0.2, 0.25) is 0 Å². The Morgan fingerprint density at radius 2 is 2.08 bits per heavy atom. The minimum absolute atomic E-state index is 0.0771. The van der Waals surface area contributed by atoms with Gasteiger partial charge in [-0.1, -0.05) is 18.2 Å². The summed E-state index contributed by atoms with van der Waals surface area (Å²) < 4.78 is 11.5. The molecule has 1 fully saturated rings. The number of esters is 1. The molecule has 0 aliphatic carbocycles. The summed E-state index contributed by atoms with van der Waals surface area (Å²) in [5, 5.41) is 11.4. The van der Waals surface area contributed by atoms with E-state index in [1.807, 2.05) is 30.3 Å². The van der Waals surface area contributed by atoms with E-state index in [4.69, 9.17) is 4.74 Å². The van der Waals surface area contributed by atoms with Crippen molar-refractivity contribution in [3.8, 4) is 5.69 Å². The zero-order chi connectivity index (χ0) is 16.9. The topological polar surface area (TPSA) is 99.4 Å². The number of aromatic nitrogens is 4. The zero-order valence-corrected chi connectivity index (χ0v) is 13.2. The number of nitrogens with zero attached hydrogens (tertiary/aromatic N) is 5. The van der Waals surface area contributed by atoms with E-state index in [-0.39, 0.29) is 6.61 Å². The van der Waals surface area contributed by atoms with Crippen molar-refractivity contribution in [1.82, 2.24) is 25.1 Å². The molecule has 0 saturated carbocycles. The van der Waals surface area contributed by atoms with E-state index in [2.05, 4.69) is 20.3 Å². The lowest BCUT2D eigenvalue weighted by Crippen LogP contribution is -2.41. The number of methoxy groups -OCH3 is 1. The lowest BCUT2D eigenvalue weighted by molar-refractivity contribution is -0.150. The van der Waals surface area contributed by atoms with Crippen molar-refractivity contribution in [3.63, 3.8) is 0 Å².